The number of urea groups is 1. The van der Waals surface area contributed by atoms with E-state index in [-0.39, 0.29) is 11.9 Å². The minimum Gasteiger partial charge on any atom is -0.467 e. The Labute approximate surface area is 119 Å². The normalized spacial score (nSPS) is 11.8. The average molecular weight is 278 g/mol. The van der Waals surface area contributed by atoms with Gasteiger partial charge in [0.1, 0.15) is 6.04 Å². The fourth-order valence-corrected chi connectivity index (χ4v) is 1.78. The molecule has 110 valence electrons. The number of nitrogens with one attached hydrogen (secondary N) is 2. The van der Waals surface area contributed by atoms with Crippen molar-refractivity contribution in [1.29, 1.82) is 0 Å². The first-order valence-electron chi connectivity index (χ1n) is 6.70. The van der Waals surface area contributed by atoms with Gasteiger partial charge in [-0.2, -0.15) is 0 Å². The van der Waals surface area contributed by atoms with E-state index in [1.54, 1.807) is 0 Å². The highest BCUT2D eigenvalue weighted by molar-refractivity contribution is 5.83. The SMILES string of the molecule is COC(=O)C(NC(=O)NCCc1ccccc1)C(C)C. The highest BCUT2D eigenvalue weighted by Crippen LogP contribution is 2.03. The first kappa shape index (κ1) is 16.0. The van der Waals surface area contributed by atoms with E-state index in [9.17, 15) is 9.59 Å². The van der Waals surface area contributed by atoms with Crippen LogP contribution >= 0.6 is 0 Å². The zero-order chi connectivity index (χ0) is 15.0. The first-order valence-corrected chi connectivity index (χ1v) is 6.70. The molecular weight excluding hydrogens is 256 g/mol. The van der Waals surface area contributed by atoms with Crippen LogP contribution in [0.3, 0.4) is 0 Å². The lowest BCUT2D eigenvalue weighted by Gasteiger charge is -2.20. The molecule has 1 rings (SSSR count). The Bertz CT molecular complexity index is 432. The largest absolute Gasteiger partial charge is 0.467 e. The topological polar surface area (TPSA) is 67.4 Å². The molecule has 0 aliphatic heterocycles. The molecule has 5 heteroatoms. The van der Waals surface area contributed by atoms with Crippen molar-refractivity contribution in [1.82, 2.24) is 10.6 Å². The number of amides is 2. The zero-order valence-electron chi connectivity index (χ0n) is 12.2. The van der Waals surface area contributed by atoms with Gasteiger partial charge in [0.25, 0.3) is 0 Å². The van der Waals surface area contributed by atoms with Crippen molar-refractivity contribution in [3.8, 4) is 0 Å². The van der Waals surface area contributed by atoms with Crippen LogP contribution in [0.1, 0.15) is 19.4 Å². The van der Waals surface area contributed by atoms with E-state index < -0.39 is 12.0 Å². The molecule has 0 aliphatic carbocycles. The van der Waals surface area contributed by atoms with Crippen LogP contribution in [0.15, 0.2) is 30.3 Å². The second-order valence-electron chi connectivity index (χ2n) is 4.88. The van der Waals surface area contributed by atoms with Crippen molar-refractivity contribution in [3.63, 3.8) is 0 Å². The fourth-order valence-electron chi connectivity index (χ4n) is 1.78. The van der Waals surface area contributed by atoms with E-state index in [1.807, 2.05) is 44.2 Å². The van der Waals surface area contributed by atoms with Gasteiger partial charge >= 0.3 is 12.0 Å². The average Bonchev–Trinajstić information content (AvgIpc) is 2.45. The predicted molar refractivity (Wildman–Crippen MR) is 77.3 cm³/mol. The van der Waals surface area contributed by atoms with Crippen LogP contribution in [0.25, 0.3) is 0 Å². The number of hydrogen-bond donors (Lipinski definition) is 2. The quantitative estimate of drug-likeness (QED) is 0.779. The summed E-state index contributed by atoms with van der Waals surface area (Å²) in [6.07, 6.45) is 0.749. The third-order valence-electron chi connectivity index (χ3n) is 2.95. The summed E-state index contributed by atoms with van der Waals surface area (Å²) in [7, 11) is 1.31. The van der Waals surface area contributed by atoms with Crippen LogP contribution in [-0.4, -0.2) is 31.7 Å². The number of esters is 1. The van der Waals surface area contributed by atoms with Gasteiger partial charge in [-0.25, -0.2) is 9.59 Å². The van der Waals surface area contributed by atoms with Crippen molar-refractivity contribution in [2.45, 2.75) is 26.3 Å². The van der Waals surface area contributed by atoms with Crippen LogP contribution in [0.4, 0.5) is 4.79 Å². The van der Waals surface area contributed by atoms with Crippen LogP contribution in [0, 0.1) is 5.92 Å². The van der Waals surface area contributed by atoms with Crippen LogP contribution in [0.2, 0.25) is 0 Å². The number of hydrogen-bond acceptors (Lipinski definition) is 3. The van der Waals surface area contributed by atoms with Gasteiger partial charge in [0, 0.05) is 6.54 Å². The molecule has 1 aromatic carbocycles. The van der Waals surface area contributed by atoms with Gasteiger partial charge in [-0.05, 0) is 17.9 Å². The van der Waals surface area contributed by atoms with Crippen LogP contribution < -0.4 is 10.6 Å². The maximum atomic E-state index is 11.7. The van der Waals surface area contributed by atoms with Crippen molar-refractivity contribution in [3.05, 3.63) is 35.9 Å². The van der Waals surface area contributed by atoms with Gasteiger partial charge in [0.05, 0.1) is 7.11 Å². The molecule has 20 heavy (non-hydrogen) atoms. The van der Waals surface area contributed by atoms with Gasteiger partial charge < -0.3 is 15.4 Å². The number of rotatable bonds is 6. The molecule has 0 aromatic heterocycles. The van der Waals surface area contributed by atoms with Crippen molar-refractivity contribution < 1.29 is 14.3 Å². The Morgan fingerprint density at radius 2 is 1.85 bits per heavy atom. The summed E-state index contributed by atoms with van der Waals surface area (Å²) in [5.74, 6) is -0.458. The fraction of sp³-hybridized carbons (Fsp3) is 0.467. The van der Waals surface area contributed by atoms with E-state index in [1.165, 1.54) is 7.11 Å². The summed E-state index contributed by atoms with van der Waals surface area (Å²) in [5.41, 5.74) is 1.15. The maximum Gasteiger partial charge on any atom is 0.328 e. The molecule has 0 heterocycles. The van der Waals surface area contributed by atoms with Crippen LogP contribution in [0.5, 0.6) is 0 Å². The molecule has 1 aromatic rings. The Morgan fingerprint density at radius 3 is 2.40 bits per heavy atom. The van der Waals surface area contributed by atoms with Crippen molar-refractivity contribution in [2.24, 2.45) is 5.92 Å². The monoisotopic (exact) mass is 278 g/mol. The molecule has 0 saturated heterocycles. The second-order valence-corrected chi connectivity index (χ2v) is 4.88. The number of carbonyl (C=O) groups excluding carboxylic acids is 2. The van der Waals surface area contributed by atoms with Gasteiger partial charge in [0.2, 0.25) is 0 Å². The molecule has 0 bridgehead atoms. The molecule has 2 N–H and O–H groups in total. The van der Waals surface area contributed by atoms with Crippen molar-refractivity contribution >= 4 is 12.0 Å². The van der Waals surface area contributed by atoms with Crippen molar-refractivity contribution in [2.75, 3.05) is 13.7 Å². The number of benzene rings is 1. The Morgan fingerprint density at radius 1 is 1.20 bits per heavy atom. The van der Waals surface area contributed by atoms with E-state index in [2.05, 4.69) is 15.4 Å². The van der Waals surface area contributed by atoms with Gasteiger partial charge in [-0.15, -0.1) is 0 Å². The summed E-state index contributed by atoms with van der Waals surface area (Å²) >= 11 is 0. The Balaban J connectivity index is 2.37. The lowest BCUT2D eigenvalue weighted by Crippen LogP contribution is -2.49. The van der Waals surface area contributed by atoms with E-state index in [0.29, 0.717) is 6.54 Å². The third kappa shape index (κ3) is 5.30. The molecule has 0 aliphatic rings. The number of ether oxygens (including phenoxy) is 1. The summed E-state index contributed by atoms with van der Waals surface area (Å²) in [6.45, 7) is 4.22. The summed E-state index contributed by atoms with van der Waals surface area (Å²) < 4.78 is 4.67. The van der Waals surface area contributed by atoms with Gasteiger partial charge in [0.15, 0.2) is 0 Å². The molecule has 1 atom stereocenters. The molecule has 1 unspecified atom stereocenters. The predicted octanol–water partition coefficient (Wildman–Crippen LogP) is 1.73. The second kappa shape index (κ2) is 8.19. The number of carbonyl (C=O) groups is 2. The minimum atomic E-state index is -0.628. The highest BCUT2D eigenvalue weighted by Gasteiger charge is 2.24. The molecular formula is C15H22N2O3. The van der Waals surface area contributed by atoms with Gasteiger partial charge in [-0.3, -0.25) is 0 Å². The number of methoxy groups -OCH3 is 1. The van der Waals surface area contributed by atoms with E-state index in [4.69, 9.17) is 0 Å². The molecule has 5 nitrogen and oxygen atoms in total. The zero-order valence-corrected chi connectivity index (χ0v) is 12.2. The summed E-state index contributed by atoms with van der Waals surface area (Å²) in [5, 5.41) is 5.37. The Hall–Kier alpha value is -2.04. The minimum absolute atomic E-state index is 0.0256. The molecule has 0 radical (unpaired) electrons. The smallest absolute Gasteiger partial charge is 0.328 e. The Kier molecular flexibility index (Phi) is 6.56. The molecule has 0 fully saturated rings. The van der Waals surface area contributed by atoms with Gasteiger partial charge in [-0.1, -0.05) is 44.2 Å². The van der Waals surface area contributed by atoms with Crippen LogP contribution in [-0.2, 0) is 16.0 Å². The van der Waals surface area contributed by atoms with E-state index in [0.717, 1.165) is 12.0 Å². The maximum absolute atomic E-state index is 11.7. The molecule has 2 amide bonds. The lowest BCUT2D eigenvalue weighted by atomic mass is 10.1. The third-order valence-corrected chi connectivity index (χ3v) is 2.95. The molecule has 0 saturated carbocycles. The first-order chi connectivity index (χ1) is 9.54. The van der Waals surface area contributed by atoms with E-state index >= 15 is 0 Å². The molecule has 0 spiro atoms. The standard InChI is InChI=1S/C15H22N2O3/c1-11(2)13(14(18)20-3)17-15(19)16-10-9-12-7-5-4-6-8-12/h4-8,11,13H,9-10H2,1-3H3,(H2,16,17,19). The lowest BCUT2D eigenvalue weighted by molar-refractivity contribution is -0.143. The summed E-state index contributed by atoms with van der Waals surface area (Å²) in [6, 6.07) is 8.90. The highest BCUT2D eigenvalue weighted by atomic mass is 16.5. The summed E-state index contributed by atoms with van der Waals surface area (Å²) in [4.78, 5) is 23.3.